The van der Waals surface area contributed by atoms with E-state index in [4.69, 9.17) is 0 Å². The van der Waals surface area contributed by atoms with Crippen molar-refractivity contribution >= 4 is 47.8 Å². The fourth-order valence-electron chi connectivity index (χ4n) is 2.79. The van der Waals surface area contributed by atoms with Gasteiger partial charge in [-0.25, -0.2) is 0 Å². The van der Waals surface area contributed by atoms with Gasteiger partial charge in [-0.05, 0) is 18.3 Å². The average molecular weight is 361 g/mol. The van der Waals surface area contributed by atoms with Gasteiger partial charge in [-0.1, -0.05) is 68.1 Å². The van der Waals surface area contributed by atoms with Gasteiger partial charge in [0.05, 0.1) is 4.32 Å². The molecule has 0 aromatic rings. The summed E-state index contributed by atoms with van der Waals surface area (Å²) in [7, 11) is 0. The minimum Gasteiger partial charge on any atom is -0.0824 e. The van der Waals surface area contributed by atoms with Crippen molar-refractivity contribution in [2.45, 2.75) is 40.7 Å². The third kappa shape index (κ3) is 1.05. The van der Waals surface area contributed by atoms with Gasteiger partial charge in [-0.15, -0.1) is 0 Å². The smallest absolute Gasteiger partial charge is 0.0824 e. The molecule has 2 saturated carbocycles. The van der Waals surface area contributed by atoms with Crippen LogP contribution in [0.4, 0.5) is 0 Å². The second-order valence-corrected chi connectivity index (χ2v) is 9.74. The Balaban J connectivity index is 2.31. The molecule has 12 heavy (non-hydrogen) atoms. The average Bonchev–Trinajstić information content (AvgIpc) is 2.26. The summed E-state index contributed by atoms with van der Waals surface area (Å²) in [4.78, 5) is 0. The van der Waals surface area contributed by atoms with Gasteiger partial charge < -0.3 is 0 Å². The van der Waals surface area contributed by atoms with Crippen molar-refractivity contribution in [3.05, 3.63) is 0 Å². The summed E-state index contributed by atoms with van der Waals surface area (Å²) >= 11 is 11.4. The predicted octanol–water partition coefficient (Wildman–Crippen LogP) is 4.45. The van der Waals surface area contributed by atoms with Crippen molar-refractivity contribution in [1.29, 1.82) is 0 Å². The monoisotopic (exact) mass is 358 g/mol. The number of halogens is 3. The van der Waals surface area contributed by atoms with Gasteiger partial charge in [0.2, 0.25) is 0 Å². The third-order valence-electron chi connectivity index (χ3n) is 3.43. The van der Waals surface area contributed by atoms with Crippen molar-refractivity contribution < 1.29 is 0 Å². The Morgan fingerprint density at radius 1 is 1.08 bits per heavy atom. The molecule has 2 unspecified atom stereocenters. The Morgan fingerprint density at radius 2 is 1.67 bits per heavy atom. The van der Waals surface area contributed by atoms with Crippen LogP contribution in [0.15, 0.2) is 0 Å². The maximum absolute atomic E-state index is 3.87. The lowest BCUT2D eigenvalue weighted by molar-refractivity contribution is 0.232. The van der Waals surface area contributed by atoms with Crippen LogP contribution >= 0.6 is 47.8 Å². The zero-order chi connectivity index (χ0) is 9.20. The molecule has 2 rings (SSSR count). The van der Waals surface area contributed by atoms with Crippen LogP contribution in [0.2, 0.25) is 0 Å². The molecule has 0 aromatic heterocycles. The van der Waals surface area contributed by atoms with Crippen LogP contribution in [0, 0.1) is 11.3 Å². The lowest BCUT2D eigenvalue weighted by Crippen LogP contribution is -2.24. The zero-order valence-electron chi connectivity index (χ0n) is 7.33. The summed E-state index contributed by atoms with van der Waals surface area (Å²) in [5, 5.41) is 0. The summed E-state index contributed by atoms with van der Waals surface area (Å²) in [5.41, 5.74) is 0.467. The molecule has 2 fully saturated rings. The first-order valence-corrected chi connectivity index (χ1v) is 6.77. The van der Waals surface area contributed by atoms with Crippen LogP contribution in [0.25, 0.3) is 0 Å². The number of hydrogen-bond acceptors (Lipinski definition) is 0. The van der Waals surface area contributed by atoms with Gasteiger partial charge >= 0.3 is 0 Å². The van der Waals surface area contributed by atoms with Crippen LogP contribution in [-0.2, 0) is 0 Å². The van der Waals surface area contributed by atoms with Crippen molar-refractivity contribution in [2.75, 3.05) is 0 Å². The first-order chi connectivity index (χ1) is 5.32. The van der Waals surface area contributed by atoms with Crippen molar-refractivity contribution in [3.63, 3.8) is 0 Å². The Labute approximate surface area is 99.2 Å². The lowest BCUT2D eigenvalue weighted by Gasteiger charge is -2.31. The fourth-order valence-corrected chi connectivity index (χ4v) is 7.41. The minimum absolute atomic E-state index is 0.160. The molecule has 70 valence electrons. The van der Waals surface area contributed by atoms with Crippen molar-refractivity contribution in [1.82, 2.24) is 0 Å². The van der Waals surface area contributed by atoms with Gasteiger partial charge in [0.15, 0.2) is 0 Å². The Kier molecular flexibility index (Phi) is 2.09. The first kappa shape index (κ1) is 9.97. The minimum atomic E-state index is 0.160. The maximum Gasteiger partial charge on any atom is 0.101 e. The molecule has 0 spiro atoms. The molecule has 0 heterocycles. The van der Waals surface area contributed by atoms with Crippen LogP contribution < -0.4 is 0 Å². The van der Waals surface area contributed by atoms with Crippen LogP contribution in [0.5, 0.6) is 0 Å². The van der Waals surface area contributed by atoms with Gasteiger partial charge in [0.25, 0.3) is 0 Å². The van der Waals surface area contributed by atoms with E-state index in [0.717, 1.165) is 5.92 Å². The molecule has 0 bridgehead atoms. The van der Waals surface area contributed by atoms with E-state index >= 15 is 0 Å². The molecular formula is C9H13Br3. The summed E-state index contributed by atoms with van der Waals surface area (Å²) in [6, 6.07) is 0. The molecule has 2 aliphatic carbocycles. The number of hydrogen-bond donors (Lipinski definition) is 0. The standard InChI is InChI=1S/C9H13Br3/c1-7(2)4-3-5-8(10)6(7)9(8,11)12/h6H,3-5H2,1-2H3. The molecule has 0 nitrogen and oxygen atoms in total. The Morgan fingerprint density at radius 3 is 2.08 bits per heavy atom. The highest BCUT2D eigenvalue weighted by Crippen LogP contribution is 2.79. The first-order valence-electron chi connectivity index (χ1n) is 4.39. The Bertz CT molecular complexity index is 214. The van der Waals surface area contributed by atoms with Gasteiger partial charge in [0, 0.05) is 5.92 Å². The van der Waals surface area contributed by atoms with E-state index in [2.05, 4.69) is 61.6 Å². The van der Waals surface area contributed by atoms with Crippen molar-refractivity contribution in [2.24, 2.45) is 11.3 Å². The number of alkyl halides is 3. The summed E-state index contributed by atoms with van der Waals surface area (Å²) in [6.45, 7) is 4.74. The highest BCUT2D eigenvalue weighted by molar-refractivity contribution is 9.26. The molecule has 0 aliphatic heterocycles. The molecular weight excluding hydrogens is 348 g/mol. The SMILES string of the molecule is CC1(C)CCCC2(Br)C1C2(Br)Br. The third-order valence-corrected chi connectivity index (χ3v) is 8.31. The molecule has 0 N–H and O–H groups in total. The fraction of sp³-hybridized carbons (Fsp3) is 1.00. The van der Waals surface area contributed by atoms with Crippen LogP contribution in [-0.4, -0.2) is 7.56 Å². The highest BCUT2D eigenvalue weighted by atomic mass is 79.9. The molecule has 3 heteroatoms. The van der Waals surface area contributed by atoms with E-state index in [1.807, 2.05) is 0 Å². The Hall–Kier alpha value is 1.44. The molecule has 0 radical (unpaired) electrons. The summed E-state index contributed by atoms with van der Waals surface area (Å²) < 4.78 is 0.481. The second-order valence-electron chi connectivity index (χ2n) is 4.76. The van der Waals surface area contributed by atoms with E-state index in [9.17, 15) is 0 Å². The van der Waals surface area contributed by atoms with E-state index in [1.165, 1.54) is 19.3 Å². The van der Waals surface area contributed by atoms with Gasteiger partial charge in [0.1, 0.15) is 3.23 Å². The highest BCUT2D eigenvalue weighted by Gasteiger charge is 2.78. The van der Waals surface area contributed by atoms with Crippen molar-refractivity contribution in [3.8, 4) is 0 Å². The zero-order valence-corrected chi connectivity index (χ0v) is 12.1. The van der Waals surface area contributed by atoms with E-state index in [0.29, 0.717) is 9.74 Å². The topological polar surface area (TPSA) is 0 Å². The number of rotatable bonds is 0. The lowest BCUT2D eigenvalue weighted by atomic mass is 9.77. The maximum atomic E-state index is 3.87. The molecule has 0 saturated heterocycles. The predicted molar refractivity (Wildman–Crippen MR) is 63.4 cm³/mol. The molecule has 2 atom stereocenters. The molecule has 2 aliphatic rings. The molecule has 0 amide bonds. The van der Waals surface area contributed by atoms with Gasteiger partial charge in [-0.3, -0.25) is 0 Å². The summed E-state index contributed by atoms with van der Waals surface area (Å²) in [5.74, 6) is 0.728. The number of fused-ring (bicyclic) bond motifs is 1. The molecule has 0 aromatic carbocycles. The largest absolute Gasteiger partial charge is 0.101 e. The van der Waals surface area contributed by atoms with E-state index in [1.54, 1.807) is 0 Å². The quantitative estimate of drug-likeness (QED) is 0.560. The van der Waals surface area contributed by atoms with Crippen LogP contribution in [0.3, 0.4) is 0 Å². The normalized spacial score (nSPS) is 48.2. The summed E-state index contributed by atoms with van der Waals surface area (Å²) in [6.07, 6.45) is 3.98. The van der Waals surface area contributed by atoms with E-state index < -0.39 is 0 Å². The second kappa shape index (κ2) is 2.52. The van der Waals surface area contributed by atoms with Gasteiger partial charge in [-0.2, -0.15) is 0 Å². The van der Waals surface area contributed by atoms with E-state index in [-0.39, 0.29) is 3.23 Å². The van der Waals surface area contributed by atoms with Crippen LogP contribution in [0.1, 0.15) is 33.1 Å².